The van der Waals surface area contributed by atoms with E-state index in [1.165, 1.54) is 6.42 Å². The second kappa shape index (κ2) is 5.31. The molecule has 0 aliphatic heterocycles. The predicted octanol–water partition coefficient (Wildman–Crippen LogP) is 3.52. The number of nitrogens with zero attached hydrogens (tertiary/aromatic N) is 1. The molecule has 0 aliphatic rings. The van der Waals surface area contributed by atoms with Crippen LogP contribution in [0.3, 0.4) is 0 Å². The molecule has 0 spiro atoms. The Hall–Kier alpha value is -0.460. The van der Waals surface area contributed by atoms with Crippen LogP contribution < -0.4 is 0 Å². The highest BCUT2D eigenvalue weighted by Gasteiger charge is 2.20. The largest absolute Gasteiger partial charge is 0.376 e. The topological polar surface area (TPSA) is 3.24 Å². The van der Waals surface area contributed by atoms with Gasteiger partial charge in [-0.2, -0.15) is 0 Å². The summed E-state index contributed by atoms with van der Waals surface area (Å²) in [4.78, 5) is 2.27. The lowest BCUT2D eigenvalue weighted by molar-refractivity contribution is 0.195. The number of hydrogen-bond donors (Lipinski definition) is 0. The van der Waals surface area contributed by atoms with Crippen LogP contribution in [0.15, 0.2) is 12.3 Å². The van der Waals surface area contributed by atoms with Gasteiger partial charge in [-0.3, -0.25) is 0 Å². The molecule has 0 amide bonds. The first kappa shape index (κ1) is 12.5. The minimum absolute atomic E-state index is 0.590. The SMILES string of the molecule is C=C(C)N(C)C(C)[C@H](C)[C@@H](C)CC. The molecule has 0 saturated heterocycles. The van der Waals surface area contributed by atoms with Crippen LogP contribution in [0.2, 0.25) is 0 Å². The van der Waals surface area contributed by atoms with E-state index >= 15 is 0 Å². The smallest absolute Gasteiger partial charge is 0.0283 e. The molecule has 0 bridgehead atoms. The quantitative estimate of drug-likeness (QED) is 0.630. The Balaban J connectivity index is 4.24. The molecule has 78 valence electrons. The van der Waals surface area contributed by atoms with Crippen molar-refractivity contribution in [3.8, 4) is 0 Å². The van der Waals surface area contributed by atoms with Gasteiger partial charge >= 0.3 is 0 Å². The molecular formula is C12H25N. The van der Waals surface area contributed by atoms with Gasteiger partial charge in [-0.25, -0.2) is 0 Å². The third-order valence-electron chi connectivity index (χ3n) is 3.52. The number of rotatable bonds is 5. The Bertz CT molecular complexity index is 163. The second-order valence-corrected chi connectivity index (χ2v) is 4.33. The monoisotopic (exact) mass is 183 g/mol. The number of allylic oxidation sites excluding steroid dienone is 1. The molecule has 1 nitrogen and oxygen atoms in total. The maximum atomic E-state index is 3.97. The molecule has 0 radical (unpaired) electrons. The Morgan fingerprint density at radius 2 is 1.77 bits per heavy atom. The second-order valence-electron chi connectivity index (χ2n) is 4.33. The zero-order valence-corrected chi connectivity index (χ0v) is 10.1. The maximum absolute atomic E-state index is 3.97. The summed E-state index contributed by atoms with van der Waals surface area (Å²) < 4.78 is 0. The third-order valence-corrected chi connectivity index (χ3v) is 3.52. The third kappa shape index (κ3) is 3.41. The fourth-order valence-corrected chi connectivity index (χ4v) is 1.55. The van der Waals surface area contributed by atoms with E-state index in [4.69, 9.17) is 0 Å². The molecule has 0 heterocycles. The highest BCUT2D eigenvalue weighted by molar-refractivity contribution is 4.91. The molecule has 1 heteroatoms. The van der Waals surface area contributed by atoms with Gasteiger partial charge in [0.1, 0.15) is 0 Å². The Morgan fingerprint density at radius 3 is 2.08 bits per heavy atom. The maximum Gasteiger partial charge on any atom is 0.0283 e. The van der Waals surface area contributed by atoms with Crippen LogP contribution in [-0.4, -0.2) is 18.0 Å². The van der Waals surface area contributed by atoms with E-state index in [0.29, 0.717) is 6.04 Å². The van der Waals surface area contributed by atoms with E-state index in [-0.39, 0.29) is 0 Å². The van der Waals surface area contributed by atoms with Gasteiger partial charge in [0.15, 0.2) is 0 Å². The van der Waals surface area contributed by atoms with Crippen molar-refractivity contribution in [1.82, 2.24) is 4.90 Å². The molecule has 0 aliphatic carbocycles. The summed E-state index contributed by atoms with van der Waals surface area (Å²) in [6, 6.07) is 0.590. The summed E-state index contributed by atoms with van der Waals surface area (Å²) in [6.45, 7) is 15.2. The zero-order valence-electron chi connectivity index (χ0n) is 10.1. The summed E-state index contributed by atoms with van der Waals surface area (Å²) >= 11 is 0. The first-order valence-electron chi connectivity index (χ1n) is 5.30. The van der Waals surface area contributed by atoms with Gasteiger partial charge in [0.05, 0.1) is 0 Å². The van der Waals surface area contributed by atoms with Crippen LogP contribution >= 0.6 is 0 Å². The lowest BCUT2D eigenvalue weighted by atomic mass is 9.87. The van der Waals surface area contributed by atoms with Crippen LogP contribution in [0.1, 0.15) is 41.0 Å². The van der Waals surface area contributed by atoms with E-state index in [9.17, 15) is 0 Å². The summed E-state index contributed by atoms with van der Waals surface area (Å²) in [7, 11) is 2.13. The van der Waals surface area contributed by atoms with E-state index in [2.05, 4.69) is 53.1 Å². The summed E-state index contributed by atoms with van der Waals surface area (Å²) in [5, 5.41) is 0. The Morgan fingerprint density at radius 1 is 1.31 bits per heavy atom. The fraction of sp³-hybridized carbons (Fsp3) is 0.833. The Labute approximate surface area is 83.8 Å². The molecule has 3 atom stereocenters. The highest BCUT2D eigenvalue weighted by Crippen LogP contribution is 2.22. The van der Waals surface area contributed by atoms with Gasteiger partial charge in [-0.05, 0) is 25.7 Å². The normalized spacial score (nSPS) is 17.7. The first-order valence-corrected chi connectivity index (χ1v) is 5.30. The molecule has 0 N–H and O–H groups in total. The Kier molecular flexibility index (Phi) is 5.12. The van der Waals surface area contributed by atoms with Gasteiger partial charge < -0.3 is 4.90 Å². The van der Waals surface area contributed by atoms with Crippen molar-refractivity contribution >= 4 is 0 Å². The molecule has 0 aromatic heterocycles. The lowest BCUT2D eigenvalue weighted by Crippen LogP contribution is -2.35. The summed E-state index contributed by atoms with van der Waals surface area (Å²) in [5.41, 5.74) is 1.16. The van der Waals surface area contributed by atoms with Gasteiger partial charge in [0, 0.05) is 18.8 Å². The molecule has 0 rings (SSSR count). The van der Waals surface area contributed by atoms with Gasteiger partial charge in [0.25, 0.3) is 0 Å². The zero-order chi connectivity index (χ0) is 10.6. The van der Waals surface area contributed by atoms with Crippen LogP contribution in [0.5, 0.6) is 0 Å². The van der Waals surface area contributed by atoms with Crippen molar-refractivity contribution in [3.05, 3.63) is 12.3 Å². The van der Waals surface area contributed by atoms with Gasteiger partial charge in [-0.15, -0.1) is 0 Å². The van der Waals surface area contributed by atoms with Crippen LogP contribution in [-0.2, 0) is 0 Å². The van der Waals surface area contributed by atoms with Crippen molar-refractivity contribution in [2.24, 2.45) is 11.8 Å². The molecule has 0 saturated carbocycles. The molecule has 0 fully saturated rings. The molecular weight excluding hydrogens is 158 g/mol. The summed E-state index contributed by atoms with van der Waals surface area (Å²) in [5.74, 6) is 1.52. The highest BCUT2D eigenvalue weighted by atomic mass is 15.1. The summed E-state index contributed by atoms with van der Waals surface area (Å²) in [6.07, 6.45) is 1.26. The van der Waals surface area contributed by atoms with E-state index in [1.54, 1.807) is 0 Å². The predicted molar refractivity (Wildman–Crippen MR) is 60.7 cm³/mol. The van der Waals surface area contributed by atoms with E-state index < -0.39 is 0 Å². The van der Waals surface area contributed by atoms with Crippen molar-refractivity contribution in [1.29, 1.82) is 0 Å². The average Bonchev–Trinajstić information content (AvgIpc) is 2.12. The van der Waals surface area contributed by atoms with E-state index in [0.717, 1.165) is 17.5 Å². The molecule has 1 unspecified atom stereocenters. The lowest BCUT2D eigenvalue weighted by Gasteiger charge is -2.34. The van der Waals surface area contributed by atoms with Gasteiger partial charge in [0.2, 0.25) is 0 Å². The van der Waals surface area contributed by atoms with Crippen LogP contribution in [0.4, 0.5) is 0 Å². The molecule has 0 aromatic rings. The number of hydrogen-bond acceptors (Lipinski definition) is 1. The van der Waals surface area contributed by atoms with Crippen molar-refractivity contribution in [2.45, 2.75) is 47.1 Å². The first-order chi connectivity index (χ1) is 5.91. The van der Waals surface area contributed by atoms with Crippen LogP contribution in [0, 0.1) is 11.8 Å². The van der Waals surface area contributed by atoms with Crippen molar-refractivity contribution in [2.75, 3.05) is 7.05 Å². The van der Waals surface area contributed by atoms with Crippen molar-refractivity contribution in [3.63, 3.8) is 0 Å². The standard InChI is InChI=1S/C12H25N/c1-8-10(4)11(5)12(6)13(7)9(2)3/h10-12H,2,8H2,1,3-7H3/t10-,11+,12?/m0/s1. The van der Waals surface area contributed by atoms with Crippen molar-refractivity contribution < 1.29 is 0 Å². The van der Waals surface area contributed by atoms with E-state index in [1.807, 2.05) is 0 Å². The minimum atomic E-state index is 0.590. The molecule has 0 aromatic carbocycles. The average molecular weight is 183 g/mol. The molecule has 13 heavy (non-hydrogen) atoms. The van der Waals surface area contributed by atoms with Crippen LogP contribution in [0.25, 0.3) is 0 Å². The van der Waals surface area contributed by atoms with Gasteiger partial charge in [-0.1, -0.05) is 33.8 Å². The fourth-order valence-electron chi connectivity index (χ4n) is 1.55. The minimum Gasteiger partial charge on any atom is -0.376 e.